The molecule has 2 rings (SSSR count). The largest absolute Gasteiger partial charge is 0.472 e. The second kappa shape index (κ2) is 26.0. The van der Waals surface area contributed by atoms with Crippen LogP contribution in [-0.2, 0) is 23.1 Å². The molecule has 1 aromatic rings. The standard InChI is InChI=1S/C40H34N3O8PS/c1-4-5-6-7-8-9-10-11-12-13-14-15-16-17-18-19-20-23-26-29-37(53)41-31-27-24-21-22-25-28-34-38(51-52(46,47)49-3)35(33-48-2)50-39(34)43-32-30-36(44)42-40(43)45/h30,32,34-35,38-39H,21-22,24-25,27-28,31,33H2,1-3H3,(H,41,53)(H,46,47)(H,42,44,45)/t34-,35+,38?,39+/m0/s1. The van der Waals surface area contributed by atoms with Crippen molar-refractivity contribution in [3.05, 3.63) is 33.1 Å². The van der Waals surface area contributed by atoms with Crippen LogP contribution in [0.2, 0.25) is 0 Å². The van der Waals surface area contributed by atoms with Crippen LogP contribution in [0.5, 0.6) is 0 Å². The molecule has 11 nitrogen and oxygen atoms in total. The van der Waals surface area contributed by atoms with Crippen LogP contribution in [0.25, 0.3) is 0 Å². The lowest BCUT2D eigenvalue weighted by atomic mass is 9.93. The molecule has 53 heavy (non-hydrogen) atoms. The predicted molar refractivity (Wildman–Crippen MR) is 204 cm³/mol. The molecule has 3 N–H and O–H groups in total. The number of nitrogens with zero attached hydrogens (tertiary/aromatic N) is 1. The number of rotatable bonds is 14. The van der Waals surface area contributed by atoms with Crippen molar-refractivity contribution in [2.75, 3.05) is 27.4 Å². The van der Waals surface area contributed by atoms with Gasteiger partial charge in [0.25, 0.3) is 5.56 Å². The lowest BCUT2D eigenvalue weighted by molar-refractivity contribution is -0.0564. The van der Waals surface area contributed by atoms with Crippen molar-refractivity contribution < 1.29 is 28.0 Å². The highest BCUT2D eigenvalue weighted by Crippen LogP contribution is 2.50. The molecule has 0 aliphatic carbocycles. The summed E-state index contributed by atoms with van der Waals surface area (Å²) >= 11 is 5.22. The molecule has 1 aliphatic rings. The Morgan fingerprint density at radius 2 is 1.40 bits per heavy atom. The number of hydrogen-bond donors (Lipinski definition) is 3. The van der Waals surface area contributed by atoms with Gasteiger partial charge in [0, 0.05) is 50.8 Å². The van der Waals surface area contributed by atoms with Gasteiger partial charge in [-0.15, -0.1) is 0 Å². The van der Waals surface area contributed by atoms with E-state index in [0.29, 0.717) is 18.0 Å². The first-order chi connectivity index (χ1) is 25.7. The molecule has 0 spiro atoms. The van der Waals surface area contributed by atoms with Gasteiger partial charge in [-0.1, -0.05) is 43.8 Å². The van der Waals surface area contributed by atoms with E-state index < -0.39 is 43.4 Å². The highest BCUT2D eigenvalue weighted by atomic mass is 32.1. The third-order valence-corrected chi connectivity index (χ3v) is 7.99. The van der Waals surface area contributed by atoms with Crippen LogP contribution in [0, 0.1) is 124 Å². The molecule has 1 aromatic heterocycles. The Morgan fingerprint density at radius 1 is 0.868 bits per heavy atom. The van der Waals surface area contributed by atoms with Crippen LogP contribution in [0.15, 0.2) is 21.9 Å². The molecule has 1 aliphatic heterocycles. The number of ether oxygens (including phenoxy) is 2. The van der Waals surface area contributed by atoms with Gasteiger partial charge in [-0.2, -0.15) is 0 Å². The van der Waals surface area contributed by atoms with Crippen molar-refractivity contribution in [3.63, 3.8) is 0 Å². The summed E-state index contributed by atoms with van der Waals surface area (Å²) in [5.74, 6) is 50.5. The van der Waals surface area contributed by atoms with Crippen LogP contribution in [0.3, 0.4) is 0 Å². The van der Waals surface area contributed by atoms with E-state index in [2.05, 4.69) is 133 Å². The number of phosphoric acid groups is 1. The molecule has 268 valence electrons. The van der Waals surface area contributed by atoms with Gasteiger partial charge in [-0.05, 0) is 120 Å². The Balaban J connectivity index is 1.76. The fraction of sp³-hybridized carbons (Fsp3) is 0.375. The van der Waals surface area contributed by atoms with E-state index in [4.69, 9.17) is 26.2 Å². The first kappa shape index (κ1) is 43.4. The lowest BCUT2D eigenvalue weighted by Gasteiger charge is -2.25. The Labute approximate surface area is 315 Å². The Bertz CT molecular complexity index is 2280. The molecule has 0 saturated carbocycles. The van der Waals surface area contributed by atoms with Gasteiger partial charge < -0.3 is 19.7 Å². The van der Waals surface area contributed by atoms with Gasteiger partial charge in [0.1, 0.15) is 18.4 Å². The van der Waals surface area contributed by atoms with Gasteiger partial charge >= 0.3 is 13.5 Å². The van der Waals surface area contributed by atoms with E-state index in [1.807, 2.05) is 0 Å². The molecular formula is C40H34N3O8PS. The summed E-state index contributed by atoms with van der Waals surface area (Å²) in [7, 11) is -1.87. The highest BCUT2D eigenvalue weighted by Gasteiger charge is 2.49. The summed E-state index contributed by atoms with van der Waals surface area (Å²) in [4.78, 5) is 36.9. The summed E-state index contributed by atoms with van der Waals surface area (Å²) in [5.41, 5.74) is -1.22. The number of methoxy groups -OCH3 is 1. The number of thiocarbonyl (C=S) groups is 1. The lowest BCUT2D eigenvalue weighted by Crippen LogP contribution is -2.35. The number of aromatic nitrogens is 2. The predicted octanol–water partition coefficient (Wildman–Crippen LogP) is 2.14. The van der Waals surface area contributed by atoms with Gasteiger partial charge in [0.05, 0.1) is 6.61 Å². The molecule has 0 aromatic carbocycles. The normalized spacial score (nSPS) is 16.8. The van der Waals surface area contributed by atoms with Crippen LogP contribution in [-0.4, -0.2) is 59.0 Å². The monoisotopic (exact) mass is 747 g/mol. The fourth-order valence-corrected chi connectivity index (χ4v) is 5.41. The van der Waals surface area contributed by atoms with Crippen molar-refractivity contribution in [1.82, 2.24) is 14.9 Å². The number of hydrogen-bond acceptors (Lipinski definition) is 8. The fourth-order valence-electron chi connectivity index (χ4n) is 4.58. The van der Waals surface area contributed by atoms with E-state index in [1.165, 1.54) is 23.9 Å². The maximum atomic E-state index is 12.6. The number of aromatic amines is 1. The number of unbranched alkanes of at least 4 members (excludes halogenated alkanes) is 4. The summed E-state index contributed by atoms with van der Waals surface area (Å²) in [6.45, 7) is 2.37. The SMILES string of the molecule is CC#CC#CC#CC#CC#CC#CC#CC#CC#CC#CC(=S)NCCCCCCC[C@H]1C(OP(=O)(O)OC)[C@@H](COC)O[C@H]1n1ccc(=O)[nH]c1=O. The molecule has 13 heteroatoms. The summed E-state index contributed by atoms with van der Waals surface area (Å²) in [5, 5.41) is 3.08. The summed E-state index contributed by atoms with van der Waals surface area (Å²) in [6, 6.07) is 1.21. The van der Waals surface area contributed by atoms with Crippen molar-refractivity contribution in [2.45, 2.75) is 63.9 Å². The smallest absolute Gasteiger partial charge is 0.382 e. The molecular weight excluding hydrogens is 713 g/mol. The van der Waals surface area contributed by atoms with E-state index >= 15 is 0 Å². The Morgan fingerprint density at radius 3 is 1.92 bits per heavy atom. The summed E-state index contributed by atoms with van der Waals surface area (Å²) < 4.78 is 35.1. The minimum absolute atomic E-state index is 0.0470. The van der Waals surface area contributed by atoms with Crippen molar-refractivity contribution in [1.29, 1.82) is 0 Å². The molecule has 1 fully saturated rings. The first-order valence-electron chi connectivity index (χ1n) is 16.0. The highest BCUT2D eigenvalue weighted by molar-refractivity contribution is 7.80. The first-order valence-corrected chi connectivity index (χ1v) is 17.9. The zero-order chi connectivity index (χ0) is 38.6. The van der Waals surface area contributed by atoms with E-state index in [1.54, 1.807) is 6.92 Å². The van der Waals surface area contributed by atoms with Crippen LogP contribution < -0.4 is 16.6 Å². The maximum Gasteiger partial charge on any atom is 0.472 e. The third-order valence-electron chi connectivity index (χ3n) is 6.77. The maximum absolute atomic E-state index is 12.6. The van der Waals surface area contributed by atoms with Crippen LogP contribution in [0.1, 0.15) is 51.7 Å². The van der Waals surface area contributed by atoms with Gasteiger partial charge in [-0.3, -0.25) is 23.4 Å². The second-order valence-electron chi connectivity index (χ2n) is 10.4. The van der Waals surface area contributed by atoms with E-state index in [0.717, 1.165) is 39.2 Å². The van der Waals surface area contributed by atoms with Crippen molar-refractivity contribution in [3.8, 4) is 118 Å². The molecule has 2 heterocycles. The third kappa shape index (κ3) is 18.3. The van der Waals surface area contributed by atoms with Gasteiger partial charge in [0.15, 0.2) is 4.99 Å². The van der Waals surface area contributed by atoms with Crippen LogP contribution in [0.4, 0.5) is 0 Å². The molecule has 5 atom stereocenters. The average molecular weight is 748 g/mol. The molecule has 0 amide bonds. The Kier molecular flexibility index (Phi) is 21.3. The quantitative estimate of drug-likeness (QED) is 0.112. The number of nitrogens with one attached hydrogen (secondary N) is 2. The minimum atomic E-state index is -4.39. The zero-order valence-corrected chi connectivity index (χ0v) is 30.9. The molecule has 2 unspecified atom stereocenters. The summed E-state index contributed by atoms with van der Waals surface area (Å²) in [6.07, 6.45) is 3.54. The van der Waals surface area contributed by atoms with Crippen molar-refractivity contribution >= 4 is 25.0 Å². The number of phosphoric ester groups is 1. The van der Waals surface area contributed by atoms with E-state index in [9.17, 15) is 19.0 Å². The minimum Gasteiger partial charge on any atom is -0.382 e. The zero-order valence-electron chi connectivity index (χ0n) is 29.2. The molecule has 0 bridgehead atoms. The van der Waals surface area contributed by atoms with Crippen molar-refractivity contribution in [2.24, 2.45) is 5.92 Å². The van der Waals surface area contributed by atoms with Crippen LogP contribution >= 0.6 is 20.0 Å². The van der Waals surface area contributed by atoms with E-state index in [-0.39, 0.29) is 6.61 Å². The Hall–Kier alpha value is -5.80. The molecule has 1 saturated heterocycles. The molecule has 0 radical (unpaired) electrons. The van der Waals surface area contributed by atoms with Gasteiger partial charge in [0.2, 0.25) is 0 Å². The second-order valence-corrected chi connectivity index (χ2v) is 12.3. The topological polar surface area (TPSA) is 141 Å². The average Bonchev–Trinajstić information content (AvgIpc) is 3.45. The number of H-pyrrole nitrogens is 1. The van der Waals surface area contributed by atoms with Gasteiger partial charge in [-0.25, -0.2) is 9.36 Å².